The molecule has 14 heavy (non-hydrogen) atoms. The number of aliphatic hydroxyl groups is 1. The van der Waals surface area contributed by atoms with Gasteiger partial charge in [0.1, 0.15) is 0 Å². The molecule has 84 valence electrons. The maximum atomic E-state index is 8.73. The highest BCUT2D eigenvalue weighted by molar-refractivity contribution is 8.11. The van der Waals surface area contributed by atoms with E-state index in [-0.39, 0.29) is 4.87 Å². The van der Waals surface area contributed by atoms with Crippen molar-refractivity contribution in [2.75, 3.05) is 20.2 Å². The molecule has 1 rings (SSSR count). The Morgan fingerprint density at radius 2 is 2.36 bits per heavy atom. The number of thiol groups is 1. The van der Waals surface area contributed by atoms with E-state index >= 15 is 0 Å². The van der Waals surface area contributed by atoms with Crippen molar-refractivity contribution in [3.8, 4) is 0 Å². The van der Waals surface area contributed by atoms with Gasteiger partial charge in [-0.1, -0.05) is 0 Å². The predicted octanol–water partition coefficient (Wildman–Crippen LogP) is 1.30. The lowest BCUT2D eigenvalue weighted by molar-refractivity contribution is 0.175. The van der Waals surface area contributed by atoms with E-state index in [0.717, 1.165) is 25.8 Å². The Hall–Kier alpha value is 0.580. The second-order valence-electron chi connectivity index (χ2n) is 3.98. The van der Waals surface area contributed by atoms with Gasteiger partial charge in [0.25, 0.3) is 0 Å². The van der Waals surface area contributed by atoms with Crippen molar-refractivity contribution in [1.82, 2.24) is 10.4 Å². The number of thioether (sulfide) groups is 1. The molecule has 1 fully saturated rings. The molecular weight excluding hydrogens is 216 g/mol. The van der Waals surface area contributed by atoms with E-state index in [2.05, 4.69) is 30.0 Å². The highest BCUT2D eigenvalue weighted by Crippen LogP contribution is 2.36. The number of aliphatic hydroxyl groups excluding tert-OH is 1. The van der Waals surface area contributed by atoms with E-state index < -0.39 is 0 Å². The Bertz CT molecular complexity index is 170. The summed E-state index contributed by atoms with van der Waals surface area (Å²) in [6, 6.07) is 0. The minimum absolute atomic E-state index is 0.0780. The van der Waals surface area contributed by atoms with Crippen LogP contribution in [0.1, 0.15) is 26.2 Å². The summed E-state index contributed by atoms with van der Waals surface area (Å²) in [6.45, 7) is 3.46. The fourth-order valence-electron chi connectivity index (χ4n) is 1.74. The minimum atomic E-state index is 0.0780. The summed E-state index contributed by atoms with van der Waals surface area (Å²) in [5.41, 5.74) is 3.45. The summed E-state index contributed by atoms with van der Waals surface area (Å²) in [7, 11) is 2.05. The number of rotatable bonds is 4. The van der Waals surface area contributed by atoms with E-state index in [1.54, 1.807) is 0 Å². The van der Waals surface area contributed by atoms with Gasteiger partial charge in [-0.05, 0) is 26.2 Å². The number of nitrogens with one attached hydrogen (secondary N) is 1. The third-order valence-electron chi connectivity index (χ3n) is 2.32. The van der Waals surface area contributed by atoms with Gasteiger partial charge in [-0.25, -0.2) is 10.4 Å². The van der Waals surface area contributed by atoms with Crippen LogP contribution in [0.5, 0.6) is 0 Å². The first-order chi connectivity index (χ1) is 6.56. The highest BCUT2D eigenvalue weighted by atomic mass is 32.2. The van der Waals surface area contributed by atoms with E-state index in [0.29, 0.717) is 11.2 Å². The van der Waals surface area contributed by atoms with Gasteiger partial charge in [-0.2, -0.15) is 12.6 Å². The van der Waals surface area contributed by atoms with E-state index in [9.17, 15) is 0 Å². The fraction of sp³-hybridized carbons (Fsp3) is 1.00. The van der Waals surface area contributed by atoms with Gasteiger partial charge >= 0.3 is 0 Å². The minimum Gasteiger partial charge on any atom is -0.396 e. The molecule has 1 heterocycles. The van der Waals surface area contributed by atoms with Crippen molar-refractivity contribution in [2.45, 2.75) is 35.6 Å². The summed E-state index contributed by atoms with van der Waals surface area (Å²) >= 11 is 6.38. The average molecular weight is 236 g/mol. The number of hydrogen-bond acceptors (Lipinski definition) is 5. The maximum absolute atomic E-state index is 8.73. The van der Waals surface area contributed by atoms with Gasteiger partial charge in [-0.3, -0.25) is 0 Å². The van der Waals surface area contributed by atoms with Crippen LogP contribution in [-0.2, 0) is 0 Å². The molecule has 2 atom stereocenters. The molecule has 5 heteroatoms. The van der Waals surface area contributed by atoms with Crippen molar-refractivity contribution in [2.24, 2.45) is 0 Å². The summed E-state index contributed by atoms with van der Waals surface area (Å²) < 4.78 is 0.375. The first kappa shape index (κ1) is 12.6. The van der Waals surface area contributed by atoms with Gasteiger partial charge < -0.3 is 5.11 Å². The SMILES string of the molecule is CN1CC(S)SC(C)(CCCCO)N1. The standard InChI is InChI=1S/C9H20N2OS2/c1-9(5-3-4-6-12)10-11(2)7-8(13)14-9/h8,10,12-13H,3-7H2,1-2H3. The fourth-order valence-corrected chi connectivity index (χ4v) is 4.05. The Morgan fingerprint density at radius 1 is 1.64 bits per heavy atom. The van der Waals surface area contributed by atoms with Gasteiger partial charge in [0, 0.05) is 20.2 Å². The molecular formula is C9H20N2OS2. The van der Waals surface area contributed by atoms with Crippen LogP contribution in [0.25, 0.3) is 0 Å². The smallest absolute Gasteiger partial charge is 0.0759 e. The largest absolute Gasteiger partial charge is 0.396 e. The van der Waals surface area contributed by atoms with Crippen LogP contribution >= 0.6 is 24.4 Å². The van der Waals surface area contributed by atoms with Crippen LogP contribution in [0.15, 0.2) is 0 Å². The zero-order valence-electron chi connectivity index (χ0n) is 8.86. The van der Waals surface area contributed by atoms with Crippen LogP contribution in [0, 0.1) is 0 Å². The van der Waals surface area contributed by atoms with Crippen molar-refractivity contribution in [3.63, 3.8) is 0 Å². The lowest BCUT2D eigenvalue weighted by Crippen LogP contribution is -2.55. The Labute approximate surface area is 96.0 Å². The van der Waals surface area contributed by atoms with Crippen LogP contribution in [-0.4, -0.2) is 39.8 Å². The van der Waals surface area contributed by atoms with Crippen molar-refractivity contribution in [1.29, 1.82) is 0 Å². The van der Waals surface area contributed by atoms with Crippen LogP contribution in [0.2, 0.25) is 0 Å². The van der Waals surface area contributed by atoms with Crippen molar-refractivity contribution < 1.29 is 5.11 Å². The molecule has 0 amide bonds. The zero-order valence-corrected chi connectivity index (χ0v) is 10.6. The summed E-state index contributed by atoms with van der Waals surface area (Å²) in [4.78, 5) is 0.0780. The molecule has 0 spiro atoms. The quantitative estimate of drug-likeness (QED) is 0.508. The molecule has 0 aromatic carbocycles. The molecule has 0 aromatic heterocycles. The van der Waals surface area contributed by atoms with Crippen LogP contribution in [0.4, 0.5) is 0 Å². The lowest BCUT2D eigenvalue weighted by atomic mass is 10.1. The van der Waals surface area contributed by atoms with Gasteiger partial charge in [0.05, 0.1) is 9.45 Å². The monoisotopic (exact) mass is 236 g/mol. The summed E-state index contributed by atoms with van der Waals surface area (Å²) in [5, 5.41) is 10.8. The average Bonchev–Trinajstić information content (AvgIpc) is 2.01. The zero-order chi connectivity index (χ0) is 10.6. The second kappa shape index (κ2) is 5.61. The summed E-state index contributed by atoms with van der Waals surface area (Å²) in [5.74, 6) is 0. The molecule has 0 bridgehead atoms. The molecule has 0 aromatic rings. The number of nitrogens with zero attached hydrogens (tertiary/aromatic N) is 1. The van der Waals surface area contributed by atoms with Crippen LogP contribution < -0.4 is 5.43 Å². The molecule has 2 N–H and O–H groups in total. The highest BCUT2D eigenvalue weighted by Gasteiger charge is 2.33. The third-order valence-corrected chi connectivity index (χ3v) is 4.03. The molecule has 0 saturated carbocycles. The van der Waals surface area contributed by atoms with Gasteiger partial charge in [-0.15, -0.1) is 11.8 Å². The Morgan fingerprint density at radius 3 is 2.93 bits per heavy atom. The molecule has 3 nitrogen and oxygen atoms in total. The first-order valence-electron chi connectivity index (χ1n) is 5.01. The lowest BCUT2D eigenvalue weighted by Gasteiger charge is -2.42. The number of hydrazine groups is 1. The van der Waals surface area contributed by atoms with E-state index in [4.69, 9.17) is 5.11 Å². The second-order valence-corrected chi connectivity index (χ2v) is 6.65. The van der Waals surface area contributed by atoms with Crippen molar-refractivity contribution in [3.05, 3.63) is 0 Å². The summed E-state index contributed by atoms with van der Waals surface area (Å²) in [6.07, 6.45) is 3.01. The molecule has 1 aliphatic rings. The Kier molecular flexibility index (Phi) is 5.06. The maximum Gasteiger partial charge on any atom is 0.0759 e. The van der Waals surface area contributed by atoms with Crippen molar-refractivity contribution >= 4 is 24.4 Å². The van der Waals surface area contributed by atoms with Gasteiger partial charge in [0.2, 0.25) is 0 Å². The van der Waals surface area contributed by atoms with Gasteiger partial charge in [0.15, 0.2) is 0 Å². The Balaban J connectivity index is 2.38. The number of hydrogen-bond donors (Lipinski definition) is 3. The third kappa shape index (κ3) is 3.98. The molecule has 1 aliphatic heterocycles. The normalized spacial score (nSPS) is 34.7. The van der Waals surface area contributed by atoms with Crippen LogP contribution in [0.3, 0.4) is 0 Å². The van der Waals surface area contributed by atoms with E-state index in [1.165, 1.54) is 0 Å². The predicted molar refractivity (Wildman–Crippen MR) is 65.5 cm³/mol. The molecule has 1 saturated heterocycles. The molecule has 0 aliphatic carbocycles. The first-order valence-corrected chi connectivity index (χ1v) is 6.41. The number of unbranched alkanes of at least 4 members (excludes halogenated alkanes) is 1. The topological polar surface area (TPSA) is 35.5 Å². The molecule has 2 unspecified atom stereocenters. The molecule has 0 radical (unpaired) electrons. The van der Waals surface area contributed by atoms with E-state index in [1.807, 2.05) is 18.8 Å².